The molecule has 2 N–H and O–H groups in total. The molecule has 25 heavy (non-hydrogen) atoms. The van der Waals surface area contributed by atoms with Gasteiger partial charge in [-0.1, -0.05) is 0 Å². The Labute approximate surface area is 142 Å². The molecule has 10 nitrogen and oxygen atoms in total. The Kier molecular flexibility index (Phi) is 4.59. The molecule has 0 fully saturated rings. The Morgan fingerprint density at radius 2 is 2.16 bits per heavy atom. The predicted octanol–water partition coefficient (Wildman–Crippen LogP) is 1.93. The maximum absolute atomic E-state index is 12.1. The fraction of sp³-hybridized carbons (Fsp3) is 0.267. The summed E-state index contributed by atoms with van der Waals surface area (Å²) in [6.45, 7) is 3.58. The number of carbonyl (C=O) groups is 2. The van der Waals surface area contributed by atoms with E-state index in [0.717, 1.165) is 4.80 Å². The van der Waals surface area contributed by atoms with E-state index >= 15 is 0 Å². The number of nitrogens with zero attached hydrogens (tertiary/aromatic N) is 4. The molecule has 1 aromatic carbocycles. The minimum absolute atomic E-state index is 0.111. The second-order valence-electron chi connectivity index (χ2n) is 5.07. The van der Waals surface area contributed by atoms with E-state index in [-0.39, 0.29) is 24.9 Å². The van der Waals surface area contributed by atoms with Gasteiger partial charge in [-0.3, -0.25) is 10.1 Å². The lowest BCUT2D eigenvalue weighted by atomic mass is 10.3. The van der Waals surface area contributed by atoms with E-state index < -0.39 is 6.09 Å². The molecule has 0 aliphatic rings. The number of oxazole rings is 1. The zero-order valence-corrected chi connectivity index (χ0v) is 13.6. The molecule has 10 heteroatoms. The SMILES string of the molecule is CCOC(=O)Nc1cnn(CC(=O)Nc2ccc3oc(C)nc3c2)n1. The van der Waals surface area contributed by atoms with Crippen LogP contribution in [-0.2, 0) is 16.1 Å². The second-order valence-corrected chi connectivity index (χ2v) is 5.07. The summed E-state index contributed by atoms with van der Waals surface area (Å²) in [5.74, 6) is 0.435. The molecular weight excluding hydrogens is 328 g/mol. The summed E-state index contributed by atoms with van der Waals surface area (Å²) in [5.41, 5.74) is 1.90. The first-order valence-electron chi connectivity index (χ1n) is 7.54. The third-order valence-corrected chi connectivity index (χ3v) is 3.11. The van der Waals surface area contributed by atoms with Gasteiger partial charge in [-0.15, -0.1) is 5.10 Å². The topological polar surface area (TPSA) is 124 Å². The third kappa shape index (κ3) is 4.10. The Balaban J connectivity index is 1.60. The van der Waals surface area contributed by atoms with Crippen LogP contribution in [0, 0.1) is 6.92 Å². The number of hydrogen-bond donors (Lipinski definition) is 2. The highest BCUT2D eigenvalue weighted by atomic mass is 16.5. The number of rotatable bonds is 5. The Morgan fingerprint density at radius 1 is 1.32 bits per heavy atom. The molecule has 3 rings (SSSR count). The predicted molar refractivity (Wildman–Crippen MR) is 88.0 cm³/mol. The fourth-order valence-corrected chi connectivity index (χ4v) is 2.15. The highest BCUT2D eigenvalue weighted by molar-refractivity contribution is 5.92. The molecule has 130 valence electrons. The third-order valence-electron chi connectivity index (χ3n) is 3.11. The van der Waals surface area contributed by atoms with Crippen LogP contribution in [0.1, 0.15) is 12.8 Å². The number of ether oxygens (including phenoxy) is 1. The number of aryl methyl sites for hydroxylation is 1. The normalized spacial score (nSPS) is 10.6. The van der Waals surface area contributed by atoms with E-state index in [1.54, 1.807) is 32.0 Å². The lowest BCUT2D eigenvalue weighted by molar-refractivity contribution is -0.117. The zero-order chi connectivity index (χ0) is 17.8. The lowest BCUT2D eigenvalue weighted by Crippen LogP contribution is -2.20. The van der Waals surface area contributed by atoms with Crippen LogP contribution < -0.4 is 10.6 Å². The lowest BCUT2D eigenvalue weighted by Gasteiger charge is -2.04. The van der Waals surface area contributed by atoms with Gasteiger partial charge < -0.3 is 14.5 Å². The number of fused-ring (bicyclic) bond motifs is 1. The molecule has 0 bridgehead atoms. The quantitative estimate of drug-likeness (QED) is 0.724. The molecular formula is C15H16N6O4. The van der Waals surface area contributed by atoms with Crippen LogP contribution >= 0.6 is 0 Å². The van der Waals surface area contributed by atoms with Crippen molar-refractivity contribution in [3.05, 3.63) is 30.3 Å². The molecule has 2 aromatic heterocycles. The van der Waals surface area contributed by atoms with Crippen molar-refractivity contribution < 1.29 is 18.7 Å². The van der Waals surface area contributed by atoms with E-state index in [2.05, 4.69) is 25.8 Å². The minimum atomic E-state index is -0.629. The summed E-state index contributed by atoms with van der Waals surface area (Å²) in [6.07, 6.45) is 0.698. The van der Waals surface area contributed by atoms with Gasteiger partial charge in [0.2, 0.25) is 5.91 Å². The van der Waals surface area contributed by atoms with Crippen LogP contribution in [0.25, 0.3) is 11.1 Å². The maximum atomic E-state index is 12.1. The van der Waals surface area contributed by atoms with Gasteiger partial charge in [0.25, 0.3) is 0 Å². The first kappa shape index (κ1) is 16.4. The Bertz CT molecular complexity index is 916. The van der Waals surface area contributed by atoms with Crippen molar-refractivity contribution in [1.82, 2.24) is 20.0 Å². The zero-order valence-electron chi connectivity index (χ0n) is 13.6. The molecule has 0 saturated heterocycles. The van der Waals surface area contributed by atoms with Crippen LogP contribution in [0.3, 0.4) is 0 Å². The molecule has 3 aromatic rings. The largest absolute Gasteiger partial charge is 0.450 e. The van der Waals surface area contributed by atoms with Gasteiger partial charge >= 0.3 is 6.09 Å². The summed E-state index contributed by atoms with van der Waals surface area (Å²) in [5, 5.41) is 13.0. The Hall–Kier alpha value is -3.43. The van der Waals surface area contributed by atoms with E-state index in [4.69, 9.17) is 9.15 Å². The van der Waals surface area contributed by atoms with Gasteiger partial charge in [0.15, 0.2) is 17.3 Å². The summed E-state index contributed by atoms with van der Waals surface area (Å²) < 4.78 is 10.1. The van der Waals surface area contributed by atoms with E-state index in [0.29, 0.717) is 22.7 Å². The number of anilines is 2. The first-order valence-corrected chi connectivity index (χ1v) is 7.54. The average molecular weight is 344 g/mol. The van der Waals surface area contributed by atoms with E-state index in [1.807, 2.05) is 0 Å². The molecule has 0 atom stereocenters. The summed E-state index contributed by atoms with van der Waals surface area (Å²) >= 11 is 0. The van der Waals surface area contributed by atoms with Crippen molar-refractivity contribution in [3.8, 4) is 0 Å². The molecule has 0 aliphatic carbocycles. The average Bonchev–Trinajstić information content (AvgIpc) is 3.12. The molecule has 0 unspecified atom stereocenters. The van der Waals surface area contributed by atoms with Crippen molar-refractivity contribution in [2.45, 2.75) is 20.4 Å². The van der Waals surface area contributed by atoms with Gasteiger partial charge in [0.1, 0.15) is 12.1 Å². The van der Waals surface area contributed by atoms with Gasteiger partial charge in [-0.05, 0) is 25.1 Å². The number of aromatic nitrogens is 4. The summed E-state index contributed by atoms with van der Waals surface area (Å²) in [4.78, 5) is 28.8. The number of carbonyl (C=O) groups excluding carboxylic acids is 2. The first-order chi connectivity index (χ1) is 12.0. The molecule has 0 saturated carbocycles. The number of nitrogens with one attached hydrogen (secondary N) is 2. The summed E-state index contributed by atoms with van der Waals surface area (Å²) in [7, 11) is 0. The van der Waals surface area contributed by atoms with Crippen molar-refractivity contribution in [1.29, 1.82) is 0 Å². The van der Waals surface area contributed by atoms with Crippen LogP contribution in [0.2, 0.25) is 0 Å². The summed E-state index contributed by atoms with van der Waals surface area (Å²) in [6, 6.07) is 5.17. The second kappa shape index (κ2) is 6.99. The van der Waals surface area contributed by atoms with E-state index in [9.17, 15) is 9.59 Å². The number of benzene rings is 1. The highest BCUT2D eigenvalue weighted by Gasteiger charge is 2.10. The highest BCUT2D eigenvalue weighted by Crippen LogP contribution is 2.19. The van der Waals surface area contributed by atoms with Crippen molar-refractivity contribution in [2.24, 2.45) is 0 Å². The fourth-order valence-electron chi connectivity index (χ4n) is 2.15. The van der Waals surface area contributed by atoms with Gasteiger partial charge in [-0.2, -0.15) is 9.90 Å². The van der Waals surface area contributed by atoms with Crippen LogP contribution in [0.4, 0.5) is 16.3 Å². The standard InChI is InChI=1S/C15H16N6O4/c1-3-24-15(23)19-13-7-16-21(20-13)8-14(22)18-10-4-5-12-11(6-10)17-9(2)25-12/h4-7H,3,8H2,1-2H3,(H,18,22)(H,19,20,23). The molecule has 0 spiro atoms. The van der Waals surface area contributed by atoms with E-state index in [1.165, 1.54) is 6.20 Å². The monoisotopic (exact) mass is 344 g/mol. The van der Waals surface area contributed by atoms with Gasteiger partial charge in [0, 0.05) is 12.6 Å². The molecule has 2 amide bonds. The van der Waals surface area contributed by atoms with Crippen LogP contribution in [0.5, 0.6) is 0 Å². The smallest absolute Gasteiger partial charge is 0.412 e. The maximum Gasteiger partial charge on any atom is 0.412 e. The molecule has 2 heterocycles. The van der Waals surface area contributed by atoms with Crippen molar-refractivity contribution in [2.75, 3.05) is 17.2 Å². The molecule has 0 aliphatic heterocycles. The van der Waals surface area contributed by atoms with Crippen LogP contribution in [-0.4, -0.2) is 38.6 Å². The van der Waals surface area contributed by atoms with Gasteiger partial charge in [-0.25, -0.2) is 9.78 Å². The Morgan fingerprint density at radius 3 is 2.96 bits per heavy atom. The number of amides is 2. The number of hydrogen-bond acceptors (Lipinski definition) is 7. The minimum Gasteiger partial charge on any atom is -0.450 e. The van der Waals surface area contributed by atoms with Crippen LogP contribution in [0.15, 0.2) is 28.8 Å². The van der Waals surface area contributed by atoms with Gasteiger partial charge in [0.05, 0.1) is 12.8 Å². The van der Waals surface area contributed by atoms with Crippen molar-refractivity contribution >= 4 is 34.6 Å². The van der Waals surface area contributed by atoms with Crippen molar-refractivity contribution in [3.63, 3.8) is 0 Å². The molecule has 0 radical (unpaired) electrons.